The lowest BCUT2D eigenvalue weighted by Crippen LogP contribution is -2.31. The first kappa shape index (κ1) is 11.8. The van der Waals surface area contributed by atoms with Gasteiger partial charge in [-0.3, -0.25) is 0 Å². The molecule has 3 heteroatoms. The summed E-state index contributed by atoms with van der Waals surface area (Å²) >= 11 is 4.81. The molecule has 0 aromatic rings. The van der Waals surface area contributed by atoms with Crippen molar-refractivity contribution in [3.63, 3.8) is 0 Å². The van der Waals surface area contributed by atoms with E-state index in [4.69, 9.17) is 18.0 Å². The number of hydrogen-bond donors (Lipinski definition) is 2. The van der Waals surface area contributed by atoms with Gasteiger partial charge in [0.2, 0.25) is 0 Å². The summed E-state index contributed by atoms with van der Waals surface area (Å²) in [5.41, 5.74) is 5.42. The molecule has 72 valence electrons. The lowest BCUT2D eigenvalue weighted by Gasteiger charge is -2.13. The van der Waals surface area contributed by atoms with Crippen LogP contribution in [-0.4, -0.2) is 17.6 Å². The first-order valence-electron chi connectivity index (χ1n) is 4.54. The molecule has 0 aromatic carbocycles. The fraction of sp³-hybridized carbons (Fsp3) is 0.889. The molecule has 3 N–H and O–H groups in total. The number of rotatable bonds is 6. The maximum absolute atomic E-state index is 5.42. The molecule has 1 atom stereocenters. The highest BCUT2D eigenvalue weighted by atomic mass is 32.1. The summed E-state index contributed by atoms with van der Waals surface area (Å²) in [6.45, 7) is 7.61. The lowest BCUT2D eigenvalue weighted by atomic mass is 10.1. The fourth-order valence-corrected chi connectivity index (χ4v) is 1.24. The van der Waals surface area contributed by atoms with Crippen molar-refractivity contribution in [1.29, 1.82) is 0 Å². The van der Waals surface area contributed by atoms with E-state index in [1.165, 1.54) is 6.42 Å². The first-order valence-corrected chi connectivity index (χ1v) is 4.95. The van der Waals surface area contributed by atoms with Gasteiger partial charge in [-0.05, 0) is 25.8 Å². The van der Waals surface area contributed by atoms with Crippen LogP contribution in [0.2, 0.25) is 0 Å². The average molecular weight is 188 g/mol. The Morgan fingerprint density at radius 2 is 2.00 bits per heavy atom. The van der Waals surface area contributed by atoms with E-state index in [2.05, 4.69) is 26.1 Å². The Morgan fingerprint density at radius 3 is 2.42 bits per heavy atom. The summed E-state index contributed by atoms with van der Waals surface area (Å²) in [5, 5.41) is 3.38. The zero-order chi connectivity index (χ0) is 9.56. The summed E-state index contributed by atoms with van der Waals surface area (Å²) in [5.74, 6) is 0.759. The highest BCUT2D eigenvalue weighted by Gasteiger charge is 2.02. The zero-order valence-electron chi connectivity index (χ0n) is 8.26. The third-order valence-corrected chi connectivity index (χ3v) is 1.89. The highest BCUT2D eigenvalue weighted by molar-refractivity contribution is 7.80. The van der Waals surface area contributed by atoms with Gasteiger partial charge < -0.3 is 11.1 Å². The van der Waals surface area contributed by atoms with E-state index in [1.807, 2.05) is 0 Å². The molecule has 0 aliphatic rings. The van der Waals surface area contributed by atoms with E-state index in [0.29, 0.717) is 11.0 Å². The molecule has 0 heterocycles. The molecule has 12 heavy (non-hydrogen) atoms. The van der Waals surface area contributed by atoms with Gasteiger partial charge in [0, 0.05) is 12.5 Å². The second kappa shape index (κ2) is 6.38. The molecule has 0 fully saturated rings. The Labute approximate surface area is 80.9 Å². The number of hydrogen-bond acceptors (Lipinski definition) is 2. The van der Waals surface area contributed by atoms with Gasteiger partial charge in [-0.1, -0.05) is 26.1 Å². The number of nitrogens with two attached hydrogens (primary N) is 1. The standard InChI is InChI=1S/C9H20N2S/c1-7(2)4-5-11-8(3)6-9(10)12/h7-8,11H,4-6H2,1-3H3,(H2,10,12). The van der Waals surface area contributed by atoms with Gasteiger partial charge in [0.05, 0.1) is 4.99 Å². The van der Waals surface area contributed by atoms with Crippen LogP contribution in [0.3, 0.4) is 0 Å². The number of nitrogens with one attached hydrogen (secondary N) is 1. The van der Waals surface area contributed by atoms with Crippen LogP contribution in [0, 0.1) is 5.92 Å². The first-order chi connectivity index (χ1) is 5.52. The molecule has 0 saturated heterocycles. The normalized spacial score (nSPS) is 13.3. The van der Waals surface area contributed by atoms with Crippen molar-refractivity contribution in [2.24, 2.45) is 11.7 Å². The molecule has 0 saturated carbocycles. The molecule has 1 unspecified atom stereocenters. The van der Waals surface area contributed by atoms with E-state index in [-0.39, 0.29) is 0 Å². The van der Waals surface area contributed by atoms with Gasteiger partial charge in [0.25, 0.3) is 0 Å². The minimum absolute atomic E-state index is 0.418. The van der Waals surface area contributed by atoms with Crippen molar-refractivity contribution in [1.82, 2.24) is 5.32 Å². The third kappa shape index (κ3) is 7.95. The molecule has 2 nitrogen and oxygen atoms in total. The van der Waals surface area contributed by atoms with E-state index in [1.54, 1.807) is 0 Å². The third-order valence-electron chi connectivity index (χ3n) is 1.72. The molecule has 0 spiro atoms. The maximum Gasteiger partial charge on any atom is 0.0742 e. The zero-order valence-corrected chi connectivity index (χ0v) is 9.08. The topological polar surface area (TPSA) is 38.0 Å². The Kier molecular flexibility index (Phi) is 6.30. The van der Waals surface area contributed by atoms with E-state index >= 15 is 0 Å². The predicted molar refractivity (Wildman–Crippen MR) is 58.3 cm³/mol. The van der Waals surface area contributed by atoms with Crippen LogP contribution in [-0.2, 0) is 0 Å². The van der Waals surface area contributed by atoms with Crippen LogP contribution in [0.4, 0.5) is 0 Å². The van der Waals surface area contributed by atoms with Gasteiger partial charge >= 0.3 is 0 Å². The fourth-order valence-electron chi connectivity index (χ4n) is 0.992. The predicted octanol–water partition coefficient (Wildman–Crippen LogP) is 1.69. The van der Waals surface area contributed by atoms with Crippen molar-refractivity contribution < 1.29 is 0 Å². The lowest BCUT2D eigenvalue weighted by molar-refractivity contribution is 0.494. The second-order valence-corrected chi connectivity index (χ2v) is 4.23. The van der Waals surface area contributed by atoms with Crippen molar-refractivity contribution in [3.8, 4) is 0 Å². The highest BCUT2D eigenvalue weighted by Crippen LogP contribution is 1.98. The van der Waals surface area contributed by atoms with Gasteiger partial charge in [0.1, 0.15) is 0 Å². The Balaban J connectivity index is 3.31. The minimum atomic E-state index is 0.418. The molecule has 0 bridgehead atoms. The summed E-state index contributed by atoms with van der Waals surface area (Å²) in [6, 6.07) is 0.418. The van der Waals surface area contributed by atoms with Gasteiger partial charge in [-0.15, -0.1) is 0 Å². The largest absolute Gasteiger partial charge is 0.393 e. The van der Waals surface area contributed by atoms with Gasteiger partial charge in [0.15, 0.2) is 0 Å². The van der Waals surface area contributed by atoms with Crippen LogP contribution >= 0.6 is 12.2 Å². The van der Waals surface area contributed by atoms with Crippen LogP contribution in [0.5, 0.6) is 0 Å². The summed E-state index contributed by atoms with van der Waals surface area (Å²) in [7, 11) is 0. The van der Waals surface area contributed by atoms with E-state index in [9.17, 15) is 0 Å². The van der Waals surface area contributed by atoms with Crippen molar-refractivity contribution >= 4 is 17.2 Å². The smallest absolute Gasteiger partial charge is 0.0742 e. The monoisotopic (exact) mass is 188 g/mol. The van der Waals surface area contributed by atoms with Gasteiger partial charge in [-0.2, -0.15) is 0 Å². The molecule has 0 amide bonds. The second-order valence-electron chi connectivity index (χ2n) is 3.71. The minimum Gasteiger partial charge on any atom is -0.393 e. The van der Waals surface area contributed by atoms with Crippen molar-refractivity contribution in [2.45, 2.75) is 39.7 Å². The van der Waals surface area contributed by atoms with Crippen LogP contribution in [0.25, 0.3) is 0 Å². The van der Waals surface area contributed by atoms with Crippen LogP contribution in [0.15, 0.2) is 0 Å². The number of thiocarbonyl (C=S) groups is 1. The molecule has 0 rings (SSSR count). The van der Waals surface area contributed by atoms with Crippen LogP contribution < -0.4 is 11.1 Å². The van der Waals surface area contributed by atoms with Gasteiger partial charge in [-0.25, -0.2) is 0 Å². The average Bonchev–Trinajstić information content (AvgIpc) is 1.84. The van der Waals surface area contributed by atoms with Crippen LogP contribution in [0.1, 0.15) is 33.6 Å². The molecule has 0 aliphatic carbocycles. The Bertz CT molecular complexity index is 134. The molecular weight excluding hydrogens is 168 g/mol. The SMILES string of the molecule is CC(C)CCNC(C)CC(N)=S. The quantitative estimate of drug-likeness (QED) is 0.623. The van der Waals surface area contributed by atoms with E-state index in [0.717, 1.165) is 18.9 Å². The molecular formula is C9H20N2S. The summed E-state index contributed by atoms with van der Waals surface area (Å²) < 4.78 is 0. The molecule has 0 radical (unpaired) electrons. The Morgan fingerprint density at radius 1 is 1.42 bits per heavy atom. The van der Waals surface area contributed by atoms with Crippen molar-refractivity contribution in [3.05, 3.63) is 0 Å². The van der Waals surface area contributed by atoms with E-state index < -0.39 is 0 Å². The van der Waals surface area contributed by atoms with Crippen molar-refractivity contribution in [2.75, 3.05) is 6.54 Å². The molecule has 0 aliphatic heterocycles. The molecule has 0 aromatic heterocycles. The maximum atomic E-state index is 5.42. The Hall–Kier alpha value is -0.150. The summed E-state index contributed by atoms with van der Waals surface area (Å²) in [6.07, 6.45) is 2.01. The summed E-state index contributed by atoms with van der Waals surface area (Å²) in [4.78, 5) is 0.597.